The number of amides is 3. The second-order valence-electron chi connectivity index (χ2n) is 9.49. The van der Waals surface area contributed by atoms with Crippen LogP contribution in [0.15, 0.2) is 97.2 Å². The number of carbonyl (C=O) groups is 3. The van der Waals surface area contributed by atoms with E-state index in [1.807, 2.05) is 25.1 Å². The highest BCUT2D eigenvalue weighted by Gasteiger charge is 2.47. The summed E-state index contributed by atoms with van der Waals surface area (Å²) in [7, 11) is 0. The van der Waals surface area contributed by atoms with Crippen molar-refractivity contribution >= 4 is 23.6 Å². The first-order valence-corrected chi connectivity index (χ1v) is 12.7. The van der Waals surface area contributed by atoms with E-state index in [1.54, 1.807) is 66.9 Å². The van der Waals surface area contributed by atoms with Gasteiger partial charge in [-0.15, -0.1) is 0 Å². The fourth-order valence-corrected chi connectivity index (χ4v) is 4.49. The second kappa shape index (κ2) is 11.8. The zero-order valence-electron chi connectivity index (χ0n) is 21.7. The molecule has 2 N–H and O–H groups in total. The Morgan fingerprint density at radius 3 is 2.45 bits per heavy atom. The molecule has 40 heavy (non-hydrogen) atoms. The maximum atomic E-state index is 13.8. The number of rotatable bonds is 8. The van der Waals surface area contributed by atoms with Gasteiger partial charge in [-0.05, 0) is 66.6 Å². The van der Waals surface area contributed by atoms with Crippen molar-refractivity contribution in [3.8, 4) is 0 Å². The Morgan fingerprint density at radius 2 is 1.75 bits per heavy atom. The van der Waals surface area contributed by atoms with E-state index in [-0.39, 0.29) is 19.0 Å². The zero-order chi connectivity index (χ0) is 28.1. The minimum atomic E-state index is -1.02. The highest BCUT2D eigenvalue weighted by Crippen LogP contribution is 2.34. The standard InChI is InChI=1S/C31H27FN4O4/c1-20-8-10-23(11-9-20)29(37)35-25-14-12-22(13-15-25)28-27(30(38)34-18-26-7-2-3-16-33-26)36(31(39)40-28)19-21-5-4-6-24(32)17-21/h2-17,27-28H,18-19H2,1H3,(H,34,38)(H,35,37). The minimum absolute atomic E-state index is 0.0144. The quantitative estimate of drug-likeness (QED) is 0.323. The number of nitrogens with zero attached hydrogens (tertiary/aromatic N) is 2. The van der Waals surface area contributed by atoms with Crippen LogP contribution in [0, 0.1) is 12.7 Å². The lowest BCUT2D eigenvalue weighted by Crippen LogP contribution is -2.46. The predicted octanol–water partition coefficient (Wildman–Crippen LogP) is 5.16. The van der Waals surface area contributed by atoms with Gasteiger partial charge in [0.1, 0.15) is 5.82 Å². The number of ether oxygens (including phenoxy) is 1. The summed E-state index contributed by atoms with van der Waals surface area (Å²) in [4.78, 5) is 44.6. The normalized spacial score (nSPS) is 16.4. The molecule has 3 aromatic carbocycles. The molecule has 9 heteroatoms. The monoisotopic (exact) mass is 538 g/mol. The Labute approximate surface area is 230 Å². The van der Waals surface area contributed by atoms with Crippen LogP contribution in [0.4, 0.5) is 14.9 Å². The largest absolute Gasteiger partial charge is 0.438 e. The van der Waals surface area contributed by atoms with E-state index >= 15 is 0 Å². The molecule has 2 unspecified atom stereocenters. The van der Waals surface area contributed by atoms with Gasteiger partial charge in [-0.1, -0.05) is 48.0 Å². The molecule has 4 aromatic rings. The molecule has 0 aliphatic carbocycles. The van der Waals surface area contributed by atoms with E-state index in [4.69, 9.17) is 4.74 Å². The van der Waals surface area contributed by atoms with Crippen molar-refractivity contribution in [2.75, 3.05) is 5.32 Å². The van der Waals surface area contributed by atoms with Gasteiger partial charge >= 0.3 is 6.09 Å². The summed E-state index contributed by atoms with van der Waals surface area (Å²) in [6, 6.07) is 24.2. The minimum Gasteiger partial charge on any atom is -0.438 e. The predicted molar refractivity (Wildman–Crippen MR) is 147 cm³/mol. The van der Waals surface area contributed by atoms with Crippen molar-refractivity contribution < 1.29 is 23.5 Å². The van der Waals surface area contributed by atoms with Crippen LogP contribution in [-0.2, 0) is 22.6 Å². The van der Waals surface area contributed by atoms with Gasteiger partial charge in [0.25, 0.3) is 5.91 Å². The third-order valence-electron chi connectivity index (χ3n) is 6.58. The number of anilines is 1. The molecule has 202 valence electrons. The number of cyclic esters (lactones) is 1. The van der Waals surface area contributed by atoms with Crippen LogP contribution >= 0.6 is 0 Å². The van der Waals surface area contributed by atoms with Crippen molar-refractivity contribution in [1.29, 1.82) is 0 Å². The highest BCUT2D eigenvalue weighted by molar-refractivity contribution is 6.04. The summed E-state index contributed by atoms with van der Waals surface area (Å²) in [6.07, 6.45) is 0.0118. The summed E-state index contributed by atoms with van der Waals surface area (Å²) < 4.78 is 19.5. The molecular weight excluding hydrogens is 511 g/mol. The summed E-state index contributed by atoms with van der Waals surface area (Å²) in [5.74, 6) is -1.14. The SMILES string of the molecule is Cc1ccc(C(=O)Nc2ccc(C3OC(=O)N(Cc4cccc(F)c4)C3C(=O)NCc3ccccn3)cc2)cc1. The third-order valence-corrected chi connectivity index (χ3v) is 6.58. The molecule has 0 spiro atoms. The van der Waals surface area contributed by atoms with Crippen LogP contribution < -0.4 is 10.6 Å². The number of benzene rings is 3. The van der Waals surface area contributed by atoms with E-state index in [9.17, 15) is 18.8 Å². The Morgan fingerprint density at radius 1 is 0.975 bits per heavy atom. The molecule has 1 aliphatic heterocycles. The summed E-state index contributed by atoms with van der Waals surface area (Å²) in [5.41, 5.74) is 3.87. The number of carbonyl (C=O) groups excluding carboxylic acids is 3. The molecule has 3 amide bonds. The molecule has 2 atom stereocenters. The molecule has 0 radical (unpaired) electrons. The number of halogens is 1. The van der Waals surface area contributed by atoms with Crippen LogP contribution in [0.5, 0.6) is 0 Å². The average Bonchev–Trinajstić information content (AvgIpc) is 3.28. The van der Waals surface area contributed by atoms with Gasteiger partial charge in [-0.3, -0.25) is 19.5 Å². The van der Waals surface area contributed by atoms with E-state index in [0.717, 1.165) is 5.56 Å². The third kappa shape index (κ3) is 6.15. The number of aromatic nitrogens is 1. The fourth-order valence-electron chi connectivity index (χ4n) is 4.49. The van der Waals surface area contributed by atoms with Crippen LogP contribution in [0.3, 0.4) is 0 Å². The van der Waals surface area contributed by atoms with Crippen LogP contribution in [-0.4, -0.2) is 33.8 Å². The van der Waals surface area contributed by atoms with Gasteiger partial charge in [0.2, 0.25) is 5.91 Å². The molecule has 5 rings (SSSR count). The first-order chi connectivity index (χ1) is 19.4. The van der Waals surface area contributed by atoms with E-state index in [1.165, 1.54) is 17.0 Å². The molecule has 2 heterocycles. The first-order valence-electron chi connectivity index (χ1n) is 12.7. The molecule has 8 nitrogen and oxygen atoms in total. The Balaban J connectivity index is 1.36. The van der Waals surface area contributed by atoms with Gasteiger partial charge < -0.3 is 15.4 Å². The summed E-state index contributed by atoms with van der Waals surface area (Å²) >= 11 is 0. The Kier molecular flexibility index (Phi) is 7.82. The molecular formula is C31H27FN4O4. The molecule has 1 saturated heterocycles. The van der Waals surface area contributed by atoms with E-state index < -0.39 is 30.0 Å². The van der Waals surface area contributed by atoms with Crippen LogP contribution in [0.2, 0.25) is 0 Å². The van der Waals surface area contributed by atoms with Crippen molar-refractivity contribution in [1.82, 2.24) is 15.2 Å². The van der Waals surface area contributed by atoms with Gasteiger partial charge in [-0.2, -0.15) is 0 Å². The first kappa shape index (κ1) is 26.6. The van der Waals surface area contributed by atoms with E-state index in [2.05, 4.69) is 15.6 Å². The van der Waals surface area contributed by atoms with Gasteiger partial charge in [0.15, 0.2) is 12.1 Å². The van der Waals surface area contributed by atoms with E-state index in [0.29, 0.717) is 28.1 Å². The second-order valence-corrected chi connectivity index (χ2v) is 9.49. The molecule has 0 saturated carbocycles. The number of nitrogens with one attached hydrogen (secondary N) is 2. The maximum absolute atomic E-state index is 13.8. The number of pyridine rings is 1. The summed E-state index contributed by atoms with van der Waals surface area (Å²) in [6.45, 7) is 2.09. The maximum Gasteiger partial charge on any atom is 0.411 e. The van der Waals surface area contributed by atoms with Crippen LogP contribution in [0.1, 0.15) is 38.8 Å². The molecule has 1 aliphatic rings. The van der Waals surface area contributed by atoms with Gasteiger partial charge in [-0.25, -0.2) is 9.18 Å². The topological polar surface area (TPSA) is 101 Å². The van der Waals surface area contributed by atoms with Crippen molar-refractivity contribution in [3.63, 3.8) is 0 Å². The molecule has 0 bridgehead atoms. The average molecular weight is 539 g/mol. The smallest absolute Gasteiger partial charge is 0.411 e. The Bertz CT molecular complexity index is 1510. The highest BCUT2D eigenvalue weighted by atomic mass is 19.1. The lowest BCUT2D eigenvalue weighted by Gasteiger charge is -2.24. The Hall–Kier alpha value is -5.05. The zero-order valence-corrected chi connectivity index (χ0v) is 21.7. The van der Waals surface area contributed by atoms with Crippen LogP contribution in [0.25, 0.3) is 0 Å². The fraction of sp³-hybridized carbons (Fsp3) is 0.161. The summed E-state index contributed by atoms with van der Waals surface area (Å²) in [5, 5.41) is 5.69. The van der Waals surface area contributed by atoms with Gasteiger partial charge in [0, 0.05) is 17.4 Å². The van der Waals surface area contributed by atoms with Crippen molar-refractivity contribution in [2.45, 2.75) is 32.2 Å². The lowest BCUT2D eigenvalue weighted by atomic mass is 10.00. The number of hydrogen-bond donors (Lipinski definition) is 2. The molecule has 1 aromatic heterocycles. The molecule has 1 fully saturated rings. The number of hydrogen-bond acceptors (Lipinski definition) is 5. The lowest BCUT2D eigenvalue weighted by molar-refractivity contribution is -0.126. The van der Waals surface area contributed by atoms with Gasteiger partial charge in [0.05, 0.1) is 18.8 Å². The van der Waals surface area contributed by atoms with Crippen molar-refractivity contribution in [2.24, 2.45) is 0 Å². The van der Waals surface area contributed by atoms with Crippen molar-refractivity contribution in [3.05, 3.63) is 131 Å². The number of aryl methyl sites for hydroxylation is 1.